The molecule has 0 fully saturated rings. The van der Waals surface area contributed by atoms with Crippen molar-refractivity contribution < 1.29 is 8.42 Å². The lowest BCUT2D eigenvalue weighted by atomic mass is 10.4. The highest BCUT2D eigenvalue weighted by atomic mass is 35.5. The maximum atomic E-state index is 12.8. The van der Waals surface area contributed by atoms with Crippen molar-refractivity contribution in [3.05, 3.63) is 45.9 Å². The van der Waals surface area contributed by atoms with E-state index >= 15 is 0 Å². The second kappa shape index (κ2) is 5.13. The smallest absolute Gasteiger partial charge is 0.217 e. The molecule has 23 heavy (non-hydrogen) atoms. The third-order valence-electron chi connectivity index (χ3n) is 3.24. The van der Waals surface area contributed by atoms with Gasteiger partial charge in [0, 0.05) is 5.02 Å². The van der Waals surface area contributed by atoms with E-state index in [1.54, 1.807) is 18.2 Å². The summed E-state index contributed by atoms with van der Waals surface area (Å²) < 4.78 is 27.7. The molecular weight excluding hydrogens is 379 g/mol. The zero-order valence-electron chi connectivity index (χ0n) is 11.1. The lowest BCUT2D eigenvalue weighted by Crippen LogP contribution is -2.04. The number of rotatable bonds is 2. The van der Waals surface area contributed by atoms with E-state index in [2.05, 4.69) is 15.3 Å². The first-order valence-electron chi connectivity index (χ1n) is 6.27. The fraction of sp³-hybridized carbons (Fsp3) is 0. The zero-order valence-corrected chi connectivity index (χ0v) is 14.3. The number of halogens is 2. The van der Waals surface area contributed by atoms with Crippen LogP contribution in [0.25, 0.3) is 15.9 Å². The van der Waals surface area contributed by atoms with E-state index < -0.39 is 9.84 Å². The molecule has 0 aliphatic heterocycles. The molecule has 3 aromatic heterocycles. The summed E-state index contributed by atoms with van der Waals surface area (Å²) in [5, 5.41) is 9.82. The minimum absolute atomic E-state index is 0.0238. The van der Waals surface area contributed by atoms with Gasteiger partial charge in [-0.25, -0.2) is 13.4 Å². The highest BCUT2D eigenvalue weighted by Crippen LogP contribution is 2.31. The lowest BCUT2D eigenvalue weighted by Gasteiger charge is -2.02. The normalized spacial score (nSPS) is 12.3. The molecule has 0 bridgehead atoms. The van der Waals surface area contributed by atoms with Gasteiger partial charge < -0.3 is 0 Å². The molecule has 3 heterocycles. The molecule has 0 atom stereocenters. The van der Waals surface area contributed by atoms with Crippen molar-refractivity contribution in [2.45, 2.75) is 9.92 Å². The maximum absolute atomic E-state index is 12.8. The average Bonchev–Trinajstić information content (AvgIpc) is 3.13. The molecule has 0 spiro atoms. The van der Waals surface area contributed by atoms with Gasteiger partial charge >= 0.3 is 0 Å². The molecule has 0 N–H and O–H groups in total. The standard InChI is InChI=1S/C13H6Cl2N4O2S2/c14-7-2-1-3-8(6-7)23(20,21)13-12-16-11(15)10-9(4-5-22-10)19(12)18-17-13/h1-6H. The molecular formula is C13H6Cl2N4O2S2. The number of benzene rings is 1. The van der Waals surface area contributed by atoms with Crippen LogP contribution in [0.15, 0.2) is 45.6 Å². The first-order chi connectivity index (χ1) is 11.0. The lowest BCUT2D eigenvalue weighted by molar-refractivity contribution is 0.592. The summed E-state index contributed by atoms with van der Waals surface area (Å²) >= 11 is 13.4. The summed E-state index contributed by atoms with van der Waals surface area (Å²) in [7, 11) is -3.91. The van der Waals surface area contributed by atoms with E-state index in [1.165, 1.54) is 28.0 Å². The van der Waals surface area contributed by atoms with Crippen molar-refractivity contribution in [2.24, 2.45) is 0 Å². The van der Waals surface area contributed by atoms with Crippen LogP contribution in [0.3, 0.4) is 0 Å². The van der Waals surface area contributed by atoms with E-state index in [0.29, 0.717) is 10.5 Å². The van der Waals surface area contributed by atoms with E-state index in [4.69, 9.17) is 23.2 Å². The quantitative estimate of drug-likeness (QED) is 0.494. The molecule has 1 aromatic carbocycles. The molecule has 0 saturated carbocycles. The van der Waals surface area contributed by atoms with Crippen LogP contribution in [0.5, 0.6) is 0 Å². The fourth-order valence-corrected chi connectivity index (χ4v) is 4.80. The molecule has 0 aliphatic carbocycles. The Morgan fingerprint density at radius 3 is 2.78 bits per heavy atom. The van der Waals surface area contributed by atoms with Gasteiger partial charge in [-0.1, -0.05) is 34.5 Å². The summed E-state index contributed by atoms with van der Waals surface area (Å²) in [6.07, 6.45) is 0. The minimum atomic E-state index is -3.91. The van der Waals surface area contributed by atoms with Crippen LogP contribution in [0.2, 0.25) is 10.2 Å². The Morgan fingerprint density at radius 1 is 1.17 bits per heavy atom. The highest BCUT2D eigenvalue weighted by Gasteiger charge is 2.27. The molecule has 116 valence electrons. The largest absolute Gasteiger partial charge is 0.229 e. The molecule has 0 unspecified atom stereocenters. The number of thiophene rings is 1. The Balaban J connectivity index is 2.04. The van der Waals surface area contributed by atoms with Crippen LogP contribution in [-0.4, -0.2) is 28.2 Å². The summed E-state index contributed by atoms with van der Waals surface area (Å²) in [4.78, 5) is 4.18. The van der Waals surface area contributed by atoms with Gasteiger partial charge in [-0.2, -0.15) is 4.52 Å². The van der Waals surface area contributed by atoms with Gasteiger partial charge in [0.2, 0.25) is 14.9 Å². The molecule has 0 aliphatic rings. The second-order valence-electron chi connectivity index (χ2n) is 4.63. The monoisotopic (exact) mass is 384 g/mol. The Morgan fingerprint density at radius 2 is 2.00 bits per heavy atom. The van der Waals surface area contributed by atoms with Crippen LogP contribution in [0.1, 0.15) is 0 Å². The molecule has 10 heteroatoms. The minimum Gasteiger partial charge on any atom is -0.217 e. The molecule has 6 nitrogen and oxygen atoms in total. The molecule has 4 rings (SSSR count). The predicted molar refractivity (Wildman–Crippen MR) is 88.1 cm³/mol. The number of aromatic nitrogens is 4. The van der Waals surface area contributed by atoms with E-state index in [9.17, 15) is 8.42 Å². The number of nitrogens with zero attached hydrogens (tertiary/aromatic N) is 4. The molecule has 4 aromatic rings. The SMILES string of the molecule is O=S(=O)(c1cccc(Cl)c1)c1nnn2c1nc(Cl)c1sccc12. The Labute approximate surface area is 144 Å². The Kier molecular flexibility index (Phi) is 3.31. The van der Waals surface area contributed by atoms with Gasteiger partial charge in [0.15, 0.2) is 10.8 Å². The van der Waals surface area contributed by atoms with E-state index in [1.807, 2.05) is 5.38 Å². The van der Waals surface area contributed by atoms with Crippen LogP contribution in [-0.2, 0) is 9.84 Å². The number of hydrogen-bond donors (Lipinski definition) is 0. The van der Waals surface area contributed by atoms with Gasteiger partial charge in [0.1, 0.15) is 0 Å². The van der Waals surface area contributed by atoms with Gasteiger partial charge in [0.05, 0.1) is 15.1 Å². The highest BCUT2D eigenvalue weighted by molar-refractivity contribution is 7.91. The van der Waals surface area contributed by atoms with E-state index in [0.717, 1.165) is 4.70 Å². The van der Waals surface area contributed by atoms with Crippen LogP contribution < -0.4 is 0 Å². The summed E-state index contributed by atoms with van der Waals surface area (Å²) in [5.41, 5.74) is 0.742. The Hall–Kier alpha value is -1.74. The second-order valence-corrected chi connectivity index (χ2v) is 8.20. The zero-order chi connectivity index (χ0) is 16.2. The summed E-state index contributed by atoms with van der Waals surface area (Å²) in [6, 6.07) is 7.72. The summed E-state index contributed by atoms with van der Waals surface area (Å²) in [5.74, 6) is 0. The van der Waals surface area contributed by atoms with Crippen molar-refractivity contribution in [2.75, 3.05) is 0 Å². The van der Waals surface area contributed by atoms with Crippen molar-refractivity contribution in [3.8, 4) is 0 Å². The van der Waals surface area contributed by atoms with Gasteiger partial charge in [0.25, 0.3) is 0 Å². The average molecular weight is 385 g/mol. The number of fused-ring (bicyclic) bond motifs is 3. The predicted octanol–water partition coefficient (Wildman–Crippen LogP) is 3.48. The third kappa shape index (κ3) is 2.21. The van der Waals surface area contributed by atoms with Crippen LogP contribution in [0.4, 0.5) is 0 Å². The van der Waals surface area contributed by atoms with Gasteiger partial charge in [-0.15, -0.1) is 16.4 Å². The van der Waals surface area contributed by atoms with E-state index in [-0.39, 0.29) is 20.7 Å². The third-order valence-corrected chi connectivity index (χ3v) is 6.42. The molecule has 0 radical (unpaired) electrons. The number of hydrogen-bond acceptors (Lipinski definition) is 6. The first kappa shape index (κ1) is 14.8. The van der Waals surface area contributed by atoms with Crippen molar-refractivity contribution in [1.82, 2.24) is 19.8 Å². The Bertz CT molecular complexity index is 1170. The molecule has 0 saturated heterocycles. The maximum Gasteiger partial charge on any atom is 0.229 e. The summed E-state index contributed by atoms with van der Waals surface area (Å²) in [6.45, 7) is 0. The number of sulfone groups is 1. The van der Waals surface area contributed by atoms with Gasteiger partial charge in [-0.05, 0) is 29.6 Å². The fourth-order valence-electron chi connectivity index (χ4n) is 2.21. The topological polar surface area (TPSA) is 77.2 Å². The van der Waals surface area contributed by atoms with Crippen molar-refractivity contribution >= 4 is 60.2 Å². The van der Waals surface area contributed by atoms with Crippen LogP contribution >= 0.6 is 34.5 Å². The molecule has 0 amide bonds. The van der Waals surface area contributed by atoms with Gasteiger partial charge in [-0.3, -0.25) is 0 Å². The van der Waals surface area contributed by atoms with Crippen LogP contribution in [0, 0.1) is 0 Å². The first-order valence-corrected chi connectivity index (χ1v) is 9.39. The van der Waals surface area contributed by atoms with Crippen molar-refractivity contribution in [3.63, 3.8) is 0 Å². The van der Waals surface area contributed by atoms with Crippen molar-refractivity contribution in [1.29, 1.82) is 0 Å².